The van der Waals surface area contributed by atoms with Gasteiger partial charge in [0.25, 0.3) is 5.91 Å². The van der Waals surface area contributed by atoms with Crippen molar-refractivity contribution in [2.75, 3.05) is 18.4 Å². The van der Waals surface area contributed by atoms with E-state index in [2.05, 4.69) is 23.5 Å². The number of anilines is 1. The van der Waals surface area contributed by atoms with Gasteiger partial charge < -0.3 is 10.2 Å². The summed E-state index contributed by atoms with van der Waals surface area (Å²) in [4.78, 5) is 32.4. The molecule has 2 unspecified atom stereocenters. The molecule has 1 aliphatic carbocycles. The third-order valence-corrected chi connectivity index (χ3v) is 7.36. The molecule has 2 amide bonds. The number of likely N-dealkylation sites (tertiary alicyclic amines) is 1. The lowest BCUT2D eigenvalue weighted by Crippen LogP contribution is -2.29. The molecule has 2 heterocycles. The molecule has 1 N–H and O–H groups in total. The van der Waals surface area contributed by atoms with Crippen molar-refractivity contribution in [3.05, 3.63) is 71.3 Å². The predicted octanol–water partition coefficient (Wildman–Crippen LogP) is 5.22. The molecule has 2 aliphatic rings. The number of carbonyl (C=O) groups is 2. The lowest BCUT2D eigenvalue weighted by molar-refractivity contribution is -0.120. The Morgan fingerprint density at radius 1 is 0.968 bits per heavy atom. The molecular weight excluding hydrogens is 406 g/mol. The molecule has 0 spiro atoms. The number of fused-ring (bicyclic) bond motifs is 1. The minimum Gasteiger partial charge on any atom is -0.339 e. The number of hydrogen-bond donors (Lipinski definition) is 1. The summed E-state index contributed by atoms with van der Waals surface area (Å²) in [5, 5.41) is 4.09. The molecule has 0 bridgehead atoms. The first kappa shape index (κ1) is 19.9. The maximum atomic E-state index is 13.2. The van der Waals surface area contributed by atoms with E-state index in [1.807, 2.05) is 47.4 Å². The Kier molecular flexibility index (Phi) is 5.55. The van der Waals surface area contributed by atoms with Crippen LogP contribution in [0.2, 0.25) is 0 Å². The number of rotatable bonds is 4. The Morgan fingerprint density at radius 2 is 1.71 bits per heavy atom. The molecule has 2 atom stereocenters. The maximum absolute atomic E-state index is 13.2. The molecule has 31 heavy (non-hydrogen) atoms. The number of benzene rings is 2. The molecule has 1 aliphatic heterocycles. The standard InChI is InChI=1S/C25H25N3O2S/c29-23(26-18-13-11-17(12-14-18)25(30)28-15-5-6-16-28)19-7-1-2-8-20(19)24-27-21-9-3-4-10-22(21)31-24/h1-4,9-14,19-20H,5-8,15-16H2,(H,26,29). The van der Waals surface area contributed by atoms with Gasteiger partial charge in [0.1, 0.15) is 0 Å². The quantitative estimate of drug-likeness (QED) is 0.576. The van der Waals surface area contributed by atoms with Gasteiger partial charge in [0.15, 0.2) is 0 Å². The second-order valence-electron chi connectivity index (χ2n) is 8.24. The highest BCUT2D eigenvalue weighted by Crippen LogP contribution is 2.39. The van der Waals surface area contributed by atoms with Crippen LogP contribution in [0, 0.1) is 5.92 Å². The molecule has 0 radical (unpaired) electrons. The molecular formula is C25H25N3O2S. The van der Waals surface area contributed by atoms with E-state index in [0.29, 0.717) is 12.0 Å². The van der Waals surface area contributed by atoms with E-state index < -0.39 is 0 Å². The number of hydrogen-bond acceptors (Lipinski definition) is 4. The fourth-order valence-corrected chi connectivity index (χ4v) is 5.61. The predicted molar refractivity (Wildman–Crippen MR) is 124 cm³/mol. The van der Waals surface area contributed by atoms with Crippen molar-refractivity contribution in [2.24, 2.45) is 5.92 Å². The number of thiazole rings is 1. The van der Waals surface area contributed by atoms with Crippen molar-refractivity contribution < 1.29 is 9.59 Å². The monoisotopic (exact) mass is 431 g/mol. The highest BCUT2D eigenvalue weighted by Gasteiger charge is 2.32. The molecule has 2 aromatic carbocycles. The van der Waals surface area contributed by atoms with Gasteiger partial charge in [0.05, 0.1) is 21.1 Å². The maximum Gasteiger partial charge on any atom is 0.253 e. The van der Waals surface area contributed by atoms with Gasteiger partial charge in [-0.25, -0.2) is 4.98 Å². The van der Waals surface area contributed by atoms with Gasteiger partial charge in [0.2, 0.25) is 5.91 Å². The van der Waals surface area contributed by atoms with E-state index >= 15 is 0 Å². The number of nitrogens with one attached hydrogen (secondary N) is 1. The van der Waals surface area contributed by atoms with Crippen LogP contribution < -0.4 is 5.32 Å². The second-order valence-corrected chi connectivity index (χ2v) is 9.30. The van der Waals surface area contributed by atoms with Crippen LogP contribution in [0.15, 0.2) is 60.7 Å². The molecule has 5 nitrogen and oxygen atoms in total. The van der Waals surface area contributed by atoms with Crippen molar-refractivity contribution >= 4 is 39.1 Å². The number of nitrogens with zero attached hydrogens (tertiary/aromatic N) is 2. The van der Waals surface area contributed by atoms with Crippen molar-refractivity contribution in [1.29, 1.82) is 0 Å². The number of allylic oxidation sites excluding steroid dienone is 2. The lowest BCUT2D eigenvalue weighted by Gasteiger charge is -2.26. The first-order chi connectivity index (χ1) is 15.2. The van der Waals surface area contributed by atoms with Gasteiger partial charge in [0, 0.05) is 30.3 Å². The Labute approximate surface area is 185 Å². The number of amides is 2. The summed E-state index contributed by atoms with van der Waals surface area (Å²) >= 11 is 1.68. The molecule has 158 valence electrons. The van der Waals surface area contributed by atoms with E-state index in [1.54, 1.807) is 11.3 Å². The first-order valence-electron chi connectivity index (χ1n) is 10.9. The largest absolute Gasteiger partial charge is 0.339 e. The third-order valence-electron chi connectivity index (χ3n) is 6.19. The Balaban J connectivity index is 1.30. The zero-order valence-corrected chi connectivity index (χ0v) is 18.1. The number of para-hydroxylation sites is 1. The van der Waals surface area contributed by atoms with Crippen molar-refractivity contribution in [2.45, 2.75) is 31.6 Å². The van der Waals surface area contributed by atoms with E-state index in [1.165, 1.54) is 0 Å². The Bertz CT molecular complexity index is 1100. The summed E-state index contributed by atoms with van der Waals surface area (Å²) in [6.45, 7) is 1.67. The van der Waals surface area contributed by atoms with Crippen LogP contribution >= 0.6 is 11.3 Å². The summed E-state index contributed by atoms with van der Waals surface area (Å²) in [5.74, 6) is 0.00538. The molecule has 3 aromatic rings. The van der Waals surface area contributed by atoms with Crippen molar-refractivity contribution in [3.8, 4) is 0 Å². The first-order valence-corrected chi connectivity index (χ1v) is 11.7. The van der Waals surface area contributed by atoms with Crippen LogP contribution in [0.1, 0.15) is 47.0 Å². The molecule has 1 fully saturated rings. The normalized spacial score (nSPS) is 20.8. The van der Waals surface area contributed by atoms with Crippen LogP contribution in [0.25, 0.3) is 10.2 Å². The van der Waals surface area contributed by atoms with Crippen LogP contribution in [-0.4, -0.2) is 34.8 Å². The molecule has 6 heteroatoms. The van der Waals surface area contributed by atoms with Crippen LogP contribution in [0.5, 0.6) is 0 Å². The van der Waals surface area contributed by atoms with Gasteiger partial charge in [-0.3, -0.25) is 9.59 Å². The molecule has 5 rings (SSSR count). The molecule has 0 saturated carbocycles. The second kappa shape index (κ2) is 8.63. The van der Waals surface area contributed by atoms with E-state index in [9.17, 15) is 9.59 Å². The SMILES string of the molecule is O=C(Nc1ccc(C(=O)N2CCCC2)cc1)C1CC=CCC1c1nc2ccccc2s1. The van der Waals surface area contributed by atoms with E-state index in [4.69, 9.17) is 4.98 Å². The van der Waals surface area contributed by atoms with Gasteiger partial charge in [-0.1, -0.05) is 24.3 Å². The van der Waals surface area contributed by atoms with Crippen molar-refractivity contribution in [1.82, 2.24) is 9.88 Å². The van der Waals surface area contributed by atoms with Gasteiger partial charge >= 0.3 is 0 Å². The lowest BCUT2D eigenvalue weighted by atomic mass is 9.82. The molecule has 1 saturated heterocycles. The van der Waals surface area contributed by atoms with E-state index in [-0.39, 0.29) is 23.7 Å². The number of aromatic nitrogens is 1. The Hall–Kier alpha value is -2.99. The zero-order chi connectivity index (χ0) is 21.2. The third kappa shape index (κ3) is 4.12. The highest BCUT2D eigenvalue weighted by molar-refractivity contribution is 7.18. The fourth-order valence-electron chi connectivity index (χ4n) is 4.46. The van der Waals surface area contributed by atoms with Crippen LogP contribution in [0.4, 0.5) is 5.69 Å². The minimum absolute atomic E-state index is 0.00669. The minimum atomic E-state index is -0.156. The smallest absolute Gasteiger partial charge is 0.253 e. The van der Waals surface area contributed by atoms with Gasteiger partial charge in [-0.15, -0.1) is 11.3 Å². The summed E-state index contributed by atoms with van der Waals surface area (Å²) < 4.78 is 1.16. The van der Waals surface area contributed by atoms with Gasteiger partial charge in [-0.2, -0.15) is 0 Å². The highest BCUT2D eigenvalue weighted by atomic mass is 32.1. The average molecular weight is 432 g/mol. The topological polar surface area (TPSA) is 62.3 Å². The van der Waals surface area contributed by atoms with Crippen LogP contribution in [-0.2, 0) is 4.79 Å². The summed E-state index contributed by atoms with van der Waals surface area (Å²) in [5.41, 5.74) is 2.39. The van der Waals surface area contributed by atoms with E-state index in [0.717, 1.165) is 53.3 Å². The summed E-state index contributed by atoms with van der Waals surface area (Å²) in [7, 11) is 0. The number of carbonyl (C=O) groups excluding carboxylic acids is 2. The zero-order valence-electron chi connectivity index (χ0n) is 17.3. The fraction of sp³-hybridized carbons (Fsp3) is 0.320. The van der Waals surface area contributed by atoms with Crippen molar-refractivity contribution in [3.63, 3.8) is 0 Å². The Morgan fingerprint density at radius 3 is 2.48 bits per heavy atom. The molecule has 1 aromatic heterocycles. The summed E-state index contributed by atoms with van der Waals surface area (Å²) in [6, 6.07) is 15.4. The average Bonchev–Trinajstić information content (AvgIpc) is 3.49. The summed E-state index contributed by atoms with van der Waals surface area (Å²) in [6.07, 6.45) is 7.92. The van der Waals surface area contributed by atoms with Crippen LogP contribution in [0.3, 0.4) is 0 Å². The van der Waals surface area contributed by atoms with Gasteiger partial charge in [-0.05, 0) is 62.1 Å².